The number of rotatable bonds is 12. The van der Waals surface area contributed by atoms with Crippen molar-refractivity contribution in [2.75, 3.05) is 56.0 Å². The smallest absolute Gasteiger partial charge is 0.350 e. The first-order valence-electron chi connectivity index (χ1n) is 19.0. The monoisotopic (exact) mass is 787 g/mol. The number of halogens is 2. The number of nitrogens with two attached hydrogens (primary N) is 2. The van der Waals surface area contributed by atoms with E-state index < -0.39 is 51.8 Å². The Morgan fingerprint density at radius 1 is 0.895 bits per heavy atom. The Kier molecular flexibility index (Phi) is 9.48. The first kappa shape index (κ1) is 38.0. The van der Waals surface area contributed by atoms with Crippen molar-refractivity contribution in [3.8, 4) is 23.6 Å². The number of aromatic amines is 1. The molecule has 4 aromatic rings. The Bertz CT molecular complexity index is 2640. The number of benzene rings is 2. The van der Waals surface area contributed by atoms with Crippen molar-refractivity contribution in [3.63, 3.8) is 0 Å². The van der Waals surface area contributed by atoms with Crippen LogP contribution in [0, 0.1) is 46.1 Å². The van der Waals surface area contributed by atoms with Crippen LogP contribution in [0.25, 0.3) is 21.8 Å². The van der Waals surface area contributed by atoms with Crippen LogP contribution < -0.4 is 58.7 Å². The average molecular weight is 788 g/mol. The molecule has 4 atom stereocenters. The second-order valence-corrected chi connectivity index (χ2v) is 15.7. The summed E-state index contributed by atoms with van der Waals surface area (Å²) in [5, 5.41) is 23.4. The van der Waals surface area contributed by atoms with Crippen LogP contribution in [0.2, 0.25) is 0 Å². The van der Waals surface area contributed by atoms with Gasteiger partial charge in [-0.2, -0.15) is 15.2 Å². The maximum atomic E-state index is 16.0. The largest absolute Gasteiger partial charge is 0.492 e. The number of methoxy groups -OCH3 is 2. The van der Waals surface area contributed by atoms with Gasteiger partial charge in [0, 0.05) is 44.2 Å². The number of H-pyrrole nitrogens is 1. The maximum absolute atomic E-state index is 16.0. The molecule has 4 fully saturated rings. The number of aromatic nitrogens is 4. The van der Waals surface area contributed by atoms with E-state index in [1.54, 1.807) is 9.80 Å². The van der Waals surface area contributed by atoms with Gasteiger partial charge in [0.15, 0.2) is 23.1 Å². The van der Waals surface area contributed by atoms with Gasteiger partial charge in [-0.25, -0.2) is 18.4 Å². The van der Waals surface area contributed by atoms with Gasteiger partial charge in [0.05, 0.1) is 55.3 Å². The third-order valence-electron chi connectivity index (χ3n) is 12.0. The Morgan fingerprint density at radius 3 is 2.07 bits per heavy atom. The molecule has 0 bridgehead atoms. The molecule has 0 amide bonds. The maximum Gasteiger partial charge on any atom is 0.350 e. The van der Waals surface area contributed by atoms with E-state index in [1.807, 2.05) is 0 Å². The Labute approximate surface area is 323 Å². The van der Waals surface area contributed by atoms with Crippen LogP contribution in [0.3, 0.4) is 0 Å². The summed E-state index contributed by atoms with van der Waals surface area (Å²) >= 11 is 0. The summed E-state index contributed by atoms with van der Waals surface area (Å²) in [6, 6.07) is 5.46. The Morgan fingerprint density at radius 2 is 1.47 bits per heavy atom. The van der Waals surface area contributed by atoms with E-state index in [0.29, 0.717) is 56.4 Å². The molecule has 57 heavy (non-hydrogen) atoms. The van der Waals surface area contributed by atoms with Gasteiger partial charge >= 0.3 is 11.4 Å². The highest BCUT2D eigenvalue weighted by atomic mass is 19.1. The number of nitrogens with one attached hydrogen (secondary N) is 2. The first-order valence-corrected chi connectivity index (χ1v) is 19.0. The molecule has 300 valence electrons. The number of ether oxygens (including phenoxy) is 2. The number of nitrogen functional groups attached to an aromatic ring is 1. The van der Waals surface area contributed by atoms with E-state index in [2.05, 4.69) is 22.4 Å². The molecule has 2 aromatic carbocycles. The normalized spacial score (nSPS) is 21.1. The van der Waals surface area contributed by atoms with E-state index in [-0.39, 0.29) is 75.6 Å². The van der Waals surface area contributed by atoms with Gasteiger partial charge in [-0.15, -0.1) is 0 Å². The lowest BCUT2D eigenvalue weighted by atomic mass is 9.87. The minimum atomic E-state index is -1.38. The molecule has 4 unspecified atom stereocenters. The summed E-state index contributed by atoms with van der Waals surface area (Å²) in [5.41, 5.74) is 3.32. The third kappa shape index (κ3) is 6.34. The molecule has 4 aliphatic rings. The van der Waals surface area contributed by atoms with Gasteiger partial charge in [-0.3, -0.25) is 29.0 Å². The number of hydrogen-bond acceptors (Lipinski definition) is 13. The van der Waals surface area contributed by atoms with E-state index in [4.69, 9.17) is 21.1 Å². The molecular weight excluding hydrogens is 744 g/mol. The van der Waals surface area contributed by atoms with Crippen molar-refractivity contribution >= 4 is 33.2 Å². The van der Waals surface area contributed by atoms with Crippen molar-refractivity contribution in [1.82, 2.24) is 24.1 Å². The van der Waals surface area contributed by atoms with Crippen molar-refractivity contribution in [3.05, 3.63) is 65.4 Å². The fourth-order valence-electron chi connectivity index (χ4n) is 8.97. The van der Waals surface area contributed by atoms with Crippen molar-refractivity contribution < 1.29 is 18.3 Å². The summed E-state index contributed by atoms with van der Waals surface area (Å²) in [4.78, 5) is 57.5. The molecule has 17 nitrogen and oxygen atoms in total. The van der Waals surface area contributed by atoms with E-state index >= 15 is 8.78 Å². The van der Waals surface area contributed by atoms with Gasteiger partial charge in [-0.1, -0.05) is 0 Å². The molecule has 2 aliphatic heterocycles. The predicted molar refractivity (Wildman–Crippen MR) is 206 cm³/mol. The molecule has 2 aromatic heterocycles. The van der Waals surface area contributed by atoms with Crippen LogP contribution in [0.15, 0.2) is 31.3 Å². The fourth-order valence-corrected chi connectivity index (χ4v) is 8.97. The Hall–Kier alpha value is -5.92. The second-order valence-electron chi connectivity index (χ2n) is 15.7. The molecule has 4 heterocycles. The summed E-state index contributed by atoms with van der Waals surface area (Å²) in [5.74, 6) is 3.93. The average Bonchev–Trinajstić information content (AvgIpc) is 4.11. The molecule has 8 rings (SSSR count). The minimum Gasteiger partial charge on any atom is -0.492 e. The number of hydrogen-bond donors (Lipinski definition) is 4. The zero-order valence-electron chi connectivity index (χ0n) is 31.5. The summed E-state index contributed by atoms with van der Waals surface area (Å²) < 4.78 is 46.6. The lowest BCUT2D eigenvalue weighted by Gasteiger charge is -2.37. The lowest BCUT2D eigenvalue weighted by molar-refractivity contribution is 0.211. The highest BCUT2D eigenvalue weighted by Crippen LogP contribution is 2.46. The SMILES string of the molecule is COc1c(N2CCC(CC(C#N)NC(N)(CC#N)C3CCN(c4c(F)cc5c(=O)n(N)c(=O)n(C6CC6)c5c4OC)C3)C2)c(F)cc2c(=O)[nH]c(=O)n(C3CC3)c12. The molecule has 0 spiro atoms. The molecule has 0 radical (unpaired) electrons. The predicted octanol–water partition coefficient (Wildman–Crippen LogP) is 1.64. The minimum absolute atomic E-state index is 0.0195. The second kappa shape index (κ2) is 14.2. The van der Waals surface area contributed by atoms with Crippen LogP contribution in [0.4, 0.5) is 20.2 Å². The molecule has 19 heteroatoms. The van der Waals surface area contributed by atoms with Crippen molar-refractivity contribution in [2.24, 2.45) is 17.6 Å². The van der Waals surface area contributed by atoms with E-state index in [1.165, 1.54) is 23.4 Å². The van der Waals surface area contributed by atoms with Crippen molar-refractivity contribution in [1.29, 1.82) is 10.5 Å². The summed E-state index contributed by atoms with van der Waals surface area (Å²) in [6.07, 6.45) is 3.99. The van der Waals surface area contributed by atoms with Crippen LogP contribution in [0.5, 0.6) is 11.5 Å². The van der Waals surface area contributed by atoms with E-state index in [0.717, 1.165) is 25.0 Å². The van der Waals surface area contributed by atoms with Gasteiger partial charge in [0.1, 0.15) is 22.4 Å². The Balaban J connectivity index is 1.03. The standard InChI is InChI=1S/C38H43F2N11O6/c1-56-32-28-24(34(52)45-36(54)49(28)22-3-4-22)14-26(39)30(32)47-11-7-19(17-47)13-21(16-42)46-38(43,9-10-41)20-8-12-48(18-20)31-27(40)15-25-29(33(31)57-2)50(23-5-6-23)37(55)51(44)35(25)53/h14-15,19-23,46H,3-9,11-13,17-18,43-44H2,1-2H3,(H,45,52,54). The van der Waals surface area contributed by atoms with Crippen LogP contribution >= 0.6 is 0 Å². The number of nitrogens with zero attached hydrogens (tertiary/aromatic N) is 7. The van der Waals surface area contributed by atoms with Crippen LogP contribution in [0.1, 0.15) is 63.5 Å². The number of anilines is 2. The van der Waals surface area contributed by atoms with Crippen LogP contribution in [-0.2, 0) is 0 Å². The fraction of sp³-hybridized carbons (Fsp3) is 0.526. The first-order chi connectivity index (χ1) is 27.3. The molecule has 2 saturated carbocycles. The van der Waals surface area contributed by atoms with Gasteiger partial charge in [0.2, 0.25) is 0 Å². The topological polar surface area (TPSA) is 235 Å². The van der Waals surface area contributed by atoms with Gasteiger partial charge in [0.25, 0.3) is 11.1 Å². The zero-order valence-corrected chi connectivity index (χ0v) is 31.5. The number of fused-ring (bicyclic) bond motifs is 2. The third-order valence-corrected chi connectivity index (χ3v) is 12.0. The molecule has 2 saturated heterocycles. The lowest BCUT2D eigenvalue weighted by Crippen LogP contribution is -2.62. The van der Waals surface area contributed by atoms with Crippen molar-refractivity contribution in [2.45, 2.75) is 75.2 Å². The molecule has 2 aliphatic carbocycles. The van der Waals surface area contributed by atoms with Crippen LogP contribution in [-0.4, -0.2) is 70.9 Å². The van der Waals surface area contributed by atoms with E-state index in [9.17, 15) is 29.7 Å². The summed E-state index contributed by atoms with van der Waals surface area (Å²) in [7, 11) is 2.71. The summed E-state index contributed by atoms with van der Waals surface area (Å²) in [6.45, 7) is 1.21. The van der Waals surface area contributed by atoms with Gasteiger partial charge < -0.3 is 30.8 Å². The molecular formula is C38H43F2N11O6. The highest BCUT2D eigenvalue weighted by molar-refractivity contribution is 5.92. The number of nitriles is 2. The highest BCUT2D eigenvalue weighted by Gasteiger charge is 2.43. The quantitative estimate of drug-likeness (QED) is 0.118. The van der Waals surface area contributed by atoms with Gasteiger partial charge in [-0.05, 0) is 63.0 Å². The zero-order chi connectivity index (χ0) is 40.5. The molecule has 6 N–H and O–H groups in total.